The van der Waals surface area contributed by atoms with E-state index in [0.717, 1.165) is 35.7 Å². The fraction of sp³-hybridized carbons (Fsp3) is 0.333. The Balaban J connectivity index is 2.34. The molecule has 2 N–H and O–H groups in total. The van der Waals surface area contributed by atoms with Crippen LogP contribution in [-0.4, -0.2) is 17.0 Å². The number of nitrogens with zero attached hydrogens (tertiary/aromatic N) is 2. The van der Waals surface area contributed by atoms with Crippen molar-refractivity contribution in [3.63, 3.8) is 0 Å². The van der Waals surface area contributed by atoms with E-state index in [1.807, 2.05) is 20.0 Å². The smallest absolute Gasteiger partial charge is 0.137 e. The Morgan fingerprint density at radius 3 is 2.57 bits per heavy atom. The SMILES string of the molecule is CCCc1nc(NC)cc(Nc2cc(Br)c(F)cc2C)n1. The average molecular weight is 353 g/mol. The zero-order valence-electron chi connectivity index (χ0n) is 12.3. The minimum absolute atomic E-state index is 0.275. The van der Waals surface area contributed by atoms with Crippen LogP contribution in [0.2, 0.25) is 0 Å². The lowest BCUT2D eigenvalue weighted by Crippen LogP contribution is -2.04. The molecule has 0 aliphatic carbocycles. The maximum absolute atomic E-state index is 13.5. The van der Waals surface area contributed by atoms with E-state index in [-0.39, 0.29) is 5.82 Å². The highest BCUT2D eigenvalue weighted by atomic mass is 79.9. The van der Waals surface area contributed by atoms with Crippen LogP contribution in [0.3, 0.4) is 0 Å². The second-order valence-electron chi connectivity index (χ2n) is 4.76. The largest absolute Gasteiger partial charge is 0.373 e. The third kappa shape index (κ3) is 3.91. The fourth-order valence-electron chi connectivity index (χ4n) is 1.94. The molecule has 1 heterocycles. The molecule has 0 spiro atoms. The fourth-order valence-corrected chi connectivity index (χ4v) is 2.29. The zero-order chi connectivity index (χ0) is 15.4. The summed E-state index contributed by atoms with van der Waals surface area (Å²) in [6.45, 7) is 3.94. The third-order valence-corrected chi connectivity index (χ3v) is 3.64. The molecule has 6 heteroatoms. The van der Waals surface area contributed by atoms with E-state index in [2.05, 4.69) is 43.5 Å². The number of nitrogens with one attached hydrogen (secondary N) is 2. The van der Waals surface area contributed by atoms with E-state index in [4.69, 9.17) is 0 Å². The molecule has 2 rings (SSSR count). The van der Waals surface area contributed by atoms with Gasteiger partial charge in [-0.25, -0.2) is 14.4 Å². The molecule has 21 heavy (non-hydrogen) atoms. The van der Waals surface area contributed by atoms with Gasteiger partial charge >= 0.3 is 0 Å². The molecule has 1 aromatic carbocycles. The minimum atomic E-state index is -0.275. The van der Waals surface area contributed by atoms with Crippen molar-refractivity contribution in [2.45, 2.75) is 26.7 Å². The maximum atomic E-state index is 13.5. The zero-order valence-corrected chi connectivity index (χ0v) is 13.9. The second-order valence-corrected chi connectivity index (χ2v) is 5.62. The Labute approximate surface area is 132 Å². The quantitative estimate of drug-likeness (QED) is 0.835. The molecule has 0 amide bonds. The Morgan fingerprint density at radius 1 is 1.19 bits per heavy atom. The van der Waals surface area contributed by atoms with Crippen molar-refractivity contribution in [1.29, 1.82) is 0 Å². The molecule has 2 aromatic rings. The van der Waals surface area contributed by atoms with Crippen molar-refractivity contribution in [2.75, 3.05) is 17.7 Å². The van der Waals surface area contributed by atoms with Crippen molar-refractivity contribution in [1.82, 2.24) is 9.97 Å². The second kappa shape index (κ2) is 6.85. The lowest BCUT2D eigenvalue weighted by atomic mass is 10.2. The summed E-state index contributed by atoms with van der Waals surface area (Å²) in [7, 11) is 1.82. The van der Waals surface area contributed by atoms with E-state index in [1.165, 1.54) is 6.07 Å². The Morgan fingerprint density at radius 2 is 1.90 bits per heavy atom. The number of aryl methyl sites for hydroxylation is 2. The van der Waals surface area contributed by atoms with Gasteiger partial charge in [-0.2, -0.15) is 0 Å². The Hall–Kier alpha value is -1.69. The number of benzene rings is 1. The summed E-state index contributed by atoms with van der Waals surface area (Å²) in [4.78, 5) is 8.89. The van der Waals surface area contributed by atoms with E-state index in [1.54, 1.807) is 6.07 Å². The first kappa shape index (κ1) is 15.7. The topological polar surface area (TPSA) is 49.8 Å². The number of aromatic nitrogens is 2. The van der Waals surface area contributed by atoms with E-state index >= 15 is 0 Å². The lowest BCUT2D eigenvalue weighted by Gasteiger charge is -2.12. The number of rotatable bonds is 5. The van der Waals surface area contributed by atoms with Gasteiger partial charge in [-0.05, 0) is 47.0 Å². The molecule has 0 atom stereocenters. The van der Waals surface area contributed by atoms with Crippen LogP contribution in [-0.2, 0) is 6.42 Å². The summed E-state index contributed by atoms with van der Waals surface area (Å²) < 4.78 is 13.9. The molecule has 0 saturated carbocycles. The molecule has 0 radical (unpaired) electrons. The van der Waals surface area contributed by atoms with Crippen LogP contribution >= 0.6 is 15.9 Å². The van der Waals surface area contributed by atoms with Crippen LogP contribution < -0.4 is 10.6 Å². The van der Waals surface area contributed by atoms with E-state index in [9.17, 15) is 4.39 Å². The molecule has 0 aliphatic heterocycles. The first-order chi connectivity index (χ1) is 10.0. The lowest BCUT2D eigenvalue weighted by molar-refractivity contribution is 0.620. The van der Waals surface area contributed by atoms with Crippen LogP contribution in [0.1, 0.15) is 24.7 Å². The number of anilines is 3. The molecule has 0 unspecified atom stereocenters. The summed E-state index contributed by atoms with van der Waals surface area (Å²) in [5.74, 6) is 1.96. The maximum Gasteiger partial charge on any atom is 0.137 e. The molecule has 112 valence electrons. The van der Waals surface area contributed by atoms with Crippen LogP contribution in [0.4, 0.5) is 21.7 Å². The predicted octanol–water partition coefficient (Wildman–Crippen LogP) is 4.42. The third-order valence-electron chi connectivity index (χ3n) is 3.03. The molecule has 4 nitrogen and oxygen atoms in total. The Kier molecular flexibility index (Phi) is 5.12. The number of hydrogen-bond donors (Lipinski definition) is 2. The van der Waals surface area contributed by atoms with Crippen LogP contribution in [0.5, 0.6) is 0 Å². The van der Waals surface area contributed by atoms with Crippen molar-refractivity contribution < 1.29 is 4.39 Å². The van der Waals surface area contributed by atoms with Gasteiger partial charge in [-0.1, -0.05) is 6.92 Å². The van der Waals surface area contributed by atoms with Gasteiger partial charge in [0, 0.05) is 25.2 Å². The van der Waals surface area contributed by atoms with Gasteiger partial charge in [-0.15, -0.1) is 0 Å². The first-order valence-corrected chi connectivity index (χ1v) is 7.61. The van der Waals surface area contributed by atoms with Gasteiger partial charge in [0.15, 0.2) is 0 Å². The highest BCUT2D eigenvalue weighted by Gasteiger charge is 2.08. The normalized spacial score (nSPS) is 10.5. The molecular formula is C15H18BrFN4. The van der Waals surface area contributed by atoms with Gasteiger partial charge in [-0.3, -0.25) is 0 Å². The van der Waals surface area contributed by atoms with Crippen LogP contribution in [0.25, 0.3) is 0 Å². The highest BCUT2D eigenvalue weighted by molar-refractivity contribution is 9.10. The molecule has 0 saturated heterocycles. The average Bonchev–Trinajstić information content (AvgIpc) is 2.45. The van der Waals surface area contributed by atoms with Gasteiger partial charge in [0.1, 0.15) is 23.3 Å². The standard InChI is InChI=1S/C15H18BrFN4/c1-4-5-13-20-14(18-3)8-15(21-13)19-12-7-10(16)11(17)6-9(12)2/h6-8H,4-5H2,1-3H3,(H2,18,19,20,21). The number of hydrogen-bond acceptors (Lipinski definition) is 4. The highest BCUT2D eigenvalue weighted by Crippen LogP contribution is 2.27. The van der Waals surface area contributed by atoms with Gasteiger partial charge in [0.05, 0.1) is 4.47 Å². The summed E-state index contributed by atoms with van der Waals surface area (Å²) in [5, 5.41) is 6.25. The van der Waals surface area contributed by atoms with Gasteiger partial charge in [0.2, 0.25) is 0 Å². The van der Waals surface area contributed by atoms with Gasteiger partial charge < -0.3 is 10.6 Å². The van der Waals surface area contributed by atoms with E-state index < -0.39 is 0 Å². The van der Waals surface area contributed by atoms with Crippen molar-refractivity contribution in [2.24, 2.45) is 0 Å². The van der Waals surface area contributed by atoms with Crippen molar-refractivity contribution in [3.05, 3.63) is 39.9 Å². The summed E-state index contributed by atoms with van der Waals surface area (Å²) in [6, 6.07) is 5.03. The first-order valence-electron chi connectivity index (χ1n) is 6.82. The van der Waals surface area contributed by atoms with Crippen LogP contribution in [0, 0.1) is 12.7 Å². The minimum Gasteiger partial charge on any atom is -0.373 e. The Bertz CT molecular complexity index is 646. The van der Waals surface area contributed by atoms with Gasteiger partial charge in [0.25, 0.3) is 0 Å². The molecule has 0 bridgehead atoms. The molecular weight excluding hydrogens is 335 g/mol. The number of halogens is 2. The molecule has 0 aliphatic rings. The van der Waals surface area contributed by atoms with Crippen molar-refractivity contribution in [3.8, 4) is 0 Å². The monoisotopic (exact) mass is 352 g/mol. The summed E-state index contributed by atoms with van der Waals surface area (Å²) in [6.07, 6.45) is 1.80. The summed E-state index contributed by atoms with van der Waals surface area (Å²) in [5.41, 5.74) is 1.63. The molecule has 0 fully saturated rings. The van der Waals surface area contributed by atoms with E-state index in [0.29, 0.717) is 10.3 Å². The van der Waals surface area contributed by atoms with Crippen LogP contribution in [0.15, 0.2) is 22.7 Å². The predicted molar refractivity (Wildman–Crippen MR) is 87.7 cm³/mol. The van der Waals surface area contributed by atoms with Crippen molar-refractivity contribution >= 4 is 33.3 Å². The summed E-state index contributed by atoms with van der Waals surface area (Å²) >= 11 is 3.20. The molecule has 1 aromatic heterocycles.